The van der Waals surface area contributed by atoms with E-state index in [1.165, 1.54) is 38.2 Å². The van der Waals surface area contributed by atoms with Crippen LogP contribution < -0.4 is 16.1 Å². The summed E-state index contributed by atoms with van der Waals surface area (Å²) in [5, 5.41) is 6.44. The molecule has 1 aliphatic carbocycles. The summed E-state index contributed by atoms with van der Waals surface area (Å²) in [5.41, 5.74) is 3.01. The summed E-state index contributed by atoms with van der Waals surface area (Å²) in [7, 11) is 0. The van der Waals surface area contributed by atoms with Crippen LogP contribution in [-0.4, -0.2) is 42.3 Å². The molecule has 2 heterocycles. The van der Waals surface area contributed by atoms with E-state index in [4.69, 9.17) is 21.2 Å². The van der Waals surface area contributed by atoms with Gasteiger partial charge in [-0.1, -0.05) is 30.9 Å². The lowest BCUT2D eigenvalue weighted by Crippen LogP contribution is -2.40. The molecular weight excluding hydrogens is 432 g/mol. The van der Waals surface area contributed by atoms with Crippen molar-refractivity contribution in [3.63, 3.8) is 0 Å². The summed E-state index contributed by atoms with van der Waals surface area (Å²) >= 11 is 6.32. The number of carbonyl (C=O) groups excluding carboxylic acids is 2. The van der Waals surface area contributed by atoms with Crippen molar-refractivity contribution in [2.45, 2.75) is 70.6 Å². The second kappa shape index (κ2) is 12.8. The van der Waals surface area contributed by atoms with Crippen molar-refractivity contribution in [3.8, 4) is 0 Å². The smallest absolute Gasteiger partial charge is 0.267 e. The van der Waals surface area contributed by atoms with Crippen LogP contribution in [0.3, 0.4) is 0 Å². The number of hydroxylamine groups is 1. The Morgan fingerprint density at radius 2 is 2.03 bits per heavy atom. The molecule has 32 heavy (non-hydrogen) atoms. The average molecular weight is 465 g/mol. The van der Waals surface area contributed by atoms with Gasteiger partial charge in [0.05, 0.1) is 5.02 Å². The predicted octanol–water partition coefficient (Wildman–Crippen LogP) is 3.82. The molecule has 2 aliphatic rings. The average Bonchev–Trinajstić information content (AvgIpc) is 2.82. The van der Waals surface area contributed by atoms with Gasteiger partial charge in [0, 0.05) is 31.8 Å². The maximum Gasteiger partial charge on any atom is 0.267 e. The van der Waals surface area contributed by atoms with E-state index in [2.05, 4.69) is 21.1 Å². The number of aromatic nitrogens is 1. The Balaban J connectivity index is 1.43. The van der Waals surface area contributed by atoms with E-state index in [9.17, 15) is 9.59 Å². The van der Waals surface area contributed by atoms with E-state index in [1.54, 1.807) is 25.3 Å². The van der Waals surface area contributed by atoms with Gasteiger partial charge in [-0.3, -0.25) is 9.59 Å². The number of hydrogen-bond acceptors (Lipinski definition) is 6. The van der Waals surface area contributed by atoms with Crippen molar-refractivity contribution in [2.24, 2.45) is 5.92 Å². The minimum Gasteiger partial charge on any atom is -0.357 e. The summed E-state index contributed by atoms with van der Waals surface area (Å²) < 4.78 is 5.39. The van der Waals surface area contributed by atoms with Gasteiger partial charge in [-0.25, -0.2) is 15.3 Å². The Morgan fingerprint density at radius 3 is 2.75 bits per heavy atom. The molecule has 1 aliphatic heterocycles. The Labute approximate surface area is 194 Å². The number of rotatable bonds is 9. The molecule has 1 aromatic heterocycles. The molecule has 176 valence electrons. The number of halogens is 1. The van der Waals surface area contributed by atoms with E-state index < -0.39 is 18.2 Å². The standard InChI is InChI=1S/C23H33ClN4O4/c1-16(23(30)26-14-17-7-3-2-4-8-17)27-22-19(24)13-18(15-25-22)10-11-20(29)28-32-21-9-5-6-12-31-21/h10-11,13,15-17,21H,2-9,12,14H2,1H3,(H,25,27)(H,26,30)(H,28,29)/t16-,21?/m1/s1. The van der Waals surface area contributed by atoms with Gasteiger partial charge in [0.25, 0.3) is 5.91 Å². The van der Waals surface area contributed by atoms with Crippen molar-refractivity contribution >= 4 is 35.3 Å². The highest BCUT2D eigenvalue weighted by Crippen LogP contribution is 2.23. The monoisotopic (exact) mass is 464 g/mol. The number of ether oxygens (including phenoxy) is 1. The molecule has 0 spiro atoms. The summed E-state index contributed by atoms with van der Waals surface area (Å²) in [5.74, 6) is 0.522. The quantitative estimate of drug-likeness (QED) is 0.379. The minimum atomic E-state index is -0.463. The number of nitrogens with one attached hydrogen (secondary N) is 3. The number of hydrogen-bond donors (Lipinski definition) is 3. The normalized spacial score (nSPS) is 20.6. The van der Waals surface area contributed by atoms with Gasteiger partial charge in [0.2, 0.25) is 5.91 Å². The SMILES string of the molecule is C[C@@H](Nc1ncc(C=CC(=O)NOC2CCCCO2)cc1Cl)C(=O)NCC1CCCCC1. The molecule has 8 nitrogen and oxygen atoms in total. The lowest BCUT2D eigenvalue weighted by atomic mass is 9.89. The van der Waals surface area contributed by atoms with Gasteiger partial charge >= 0.3 is 0 Å². The van der Waals surface area contributed by atoms with Gasteiger partial charge in [-0.05, 0) is 56.2 Å². The molecule has 0 bridgehead atoms. The van der Waals surface area contributed by atoms with Gasteiger partial charge < -0.3 is 15.4 Å². The molecule has 2 atom stereocenters. The van der Waals surface area contributed by atoms with E-state index >= 15 is 0 Å². The van der Waals surface area contributed by atoms with Gasteiger partial charge in [0.1, 0.15) is 11.9 Å². The molecule has 0 radical (unpaired) electrons. The maximum absolute atomic E-state index is 12.4. The third-order valence-electron chi connectivity index (χ3n) is 5.75. The number of carbonyl (C=O) groups is 2. The lowest BCUT2D eigenvalue weighted by molar-refractivity contribution is -0.198. The van der Waals surface area contributed by atoms with Gasteiger partial charge in [-0.15, -0.1) is 0 Å². The lowest BCUT2D eigenvalue weighted by Gasteiger charge is -2.23. The first-order chi connectivity index (χ1) is 15.5. The van der Waals surface area contributed by atoms with Crippen molar-refractivity contribution in [2.75, 3.05) is 18.5 Å². The molecule has 1 aromatic rings. The number of anilines is 1. The van der Waals surface area contributed by atoms with Crippen LogP contribution in [0.25, 0.3) is 6.08 Å². The van der Waals surface area contributed by atoms with Crippen molar-refractivity contribution in [1.82, 2.24) is 15.8 Å². The molecule has 3 N–H and O–H groups in total. The largest absolute Gasteiger partial charge is 0.357 e. The fourth-order valence-corrected chi connectivity index (χ4v) is 4.07. The van der Waals surface area contributed by atoms with E-state index in [0.29, 0.717) is 35.5 Å². The Bertz CT molecular complexity index is 792. The Kier molecular flexibility index (Phi) is 9.77. The van der Waals surface area contributed by atoms with Crippen molar-refractivity contribution in [1.29, 1.82) is 0 Å². The van der Waals surface area contributed by atoms with Crippen LogP contribution in [0.15, 0.2) is 18.3 Å². The minimum absolute atomic E-state index is 0.0731. The molecule has 1 saturated carbocycles. The first kappa shape index (κ1) is 24.5. The summed E-state index contributed by atoms with van der Waals surface area (Å²) in [6.07, 6.45) is 13.1. The fraction of sp³-hybridized carbons (Fsp3) is 0.609. The van der Waals surface area contributed by atoms with E-state index in [1.807, 2.05) is 0 Å². The van der Waals surface area contributed by atoms with Crippen LogP contribution in [0, 0.1) is 5.92 Å². The van der Waals surface area contributed by atoms with Crippen LogP contribution in [-0.2, 0) is 19.2 Å². The molecule has 3 rings (SSSR count). The van der Waals surface area contributed by atoms with Gasteiger partial charge in [0.15, 0.2) is 6.29 Å². The predicted molar refractivity (Wildman–Crippen MR) is 124 cm³/mol. The van der Waals surface area contributed by atoms with Crippen LogP contribution >= 0.6 is 11.6 Å². The van der Waals surface area contributed by atoms with Gasteiger partial charge in [-0.2, -0.15) is 0 Å². The molecule has 2 amide bonds. The molecular formula is C23H33ClN4O4. The molecule has 0 aromatic carbocycles. The van der Waals surface area contributed by atoms with Crippen LogP contribution in [0.4, 0.5) is 5.82 Å². The summed E-state index contributed by atoms with van der Waals surface area (Å²) in [6.45, 7) is 3.14. The first-order valence-electron chi connectivity index (χ1n) is 11.5. The maximum atomic E-state index is 12.4. The molecule has 2 fully saturated rings. The zero-order valence-corrected chi connectivity index (χ0v) is 19.3. The fourth-order valence-electron chi connectivity index (χ4n) is 3.84. The van der Waals surface area contributed by atoms with Crippen LogP contribution in [0.1, 0.15) is 63.9 Å². The van der Waals surface area contributed by atoms with Crippen LogP contribution in [0.5, 0.6) is 0 Å². The highest BCUT2D eigenvalue weighted by molar-refractivity contribution is 6.33. The van der Waals surface area contributed by atoms with E-state index in [0.717, 1.165) is 19.3 Å². The van der Waals surface area contributed by atoms with Crippen molar-refractivity contribution in [3.05, 3.63) is 28.9 Å². The number of pyridine rings is 1. The van der Waals surface area contributed by atoms with Crippen LogP contribution in [0.2, 0.25) is 5.02 Å². The van der Waals surface area contributed by atoms with E-state index in [-0.39, 0.29) is 5.91 Å². The van der Waals surface area contributed by atoms with Crippen molar-refractivity contribution < 1.29 is 19.2 Å². The topological polar surface area (TPSA) is 102 Å². The number of amides is 2. The second-order valence-electron chi connectivity index (χ2n) is 8.43. The third-order valence-corrected chi connectivity index (χ3v) is 6.04. The third kappa shape index (κ3) is 8.07. The zero-order valence-electron chi connectivity index (χ0n) is 18.6. The Hall–Kier alpha value is -2.16. The number of nitrogens with zero attached hydrogens (tertiary/aromatic N) is 1. The first-order valence-corrected chi connectivity index (χ1v) is 11.8. The zero-order chi connectivity index (χ0) is 22.8. The highest BCUT2D eigenvalue weighted by Gasteiger charge is 2.18. The summed E-state index contributed by atoms with van der Waals surface area (Å²) in [6, 6.07) is 1.22. The molecule has 1 unspecified atom stereocenters. The molecule has 9 heteroatoms. The second-order valence-corrected chi connectivity index (χ2v) is 8.84. The highest BCUT2D eigenvalue weighted by atomic mass is 35.5. The Morgan fingerprint density at radius 1 is 1.25 bits per heavy atom. The molecule has 1 saturated heterocycles. The summed E-state index contributed by atoms with van der Waals surface area (Å²) in [4.78, 5) is 33.8.